The number of aromatic nitrogens is 5. The molecular weight excluding hydrogens is 356 g/mol. The maximum absolute atomic E-state index is 12.6. The summed E-state index contributed by atoms with van der Waals surface area (Å²) in [6.45, 7) is 2.21. The first-order valence-corrected chi connectivity index (χ1v) is 8.72. The number of nitrogens with one attached hydrogen (secondary N) is 1. The zero-order valence-corrected chi connectivity index (χ0v) is 15.2. The van der Waals surface area contributed by atoms with Gasteiger partial charge in [-0.05, 0) is 36.8 Å². The van der Waals surface area contributed by atoms with Gasteiger partial charge in [0.2, 0.25) is 0 Å². The summed E-state index contributed by atoms with van der Waals surface area (Å²) in [5, 5.41) is 6.98. The number of hydrogen-bond donors (Lipinski definition) is 1. The molecular formula is C20H18N6O2. The molecule has 8 nitrogen and oxygen atoms in total. The highest BCUT2D eigenvalue weighted by Gasteiger charge is 2.10. The number of carbonyl (C=O) groups is 1. The summed E-state index contributed by atoms with van der Waals surface area (Å²) < 4.78 is 4.30. The Balaban J connectivity index is 1.51. The van der Waals surface area contributed by atoms with E-state index in [9.17, 15) is 9.59 Å². The fourth-order valence-corrected chi connectivity index (χ4v) is 2.86. The third kappa shape index (κ3) is 3.48. The number of hydrogen-bond acceptors (Lipinski definition) is 4. The van der Waals surface area contributed by atoms with Gasteiger partial charge >= 0.3 is 11.7 Å². The molecule has 0 aliphatic rings. The fourth-order valence-electron chi connectivity index (χ4n) is 2.86. The highest BCUT2D eigenvalue weighted by atomic mass is 16.2. The van der Waals surface area contributed by atoms with Gasteiger partial charge in [-0.1, -0.05) is 30.3 Å². The van der Waals surface area contributed by atoms with Crippen LogP contribution in [0.15, 0.2) is 78.1 Å². The molecule has 0 unspecified atom stereocenters. The summed E-state index contributed by atoms with van der Waals surface area (Å²) in [7, 11) is 0. The lowest BCUT2D eigenvalue weighted by Crippen LogP contribution is -2.24. The molecule has 1 N–H and O–H groups in total. The first-order chi connectivity index (χ1) is 13.6. The zero-order valence-electron chi connectivity index (χ0n) is 15.2. The molecule has 0 saturated heterocycles. The Kier molecular flexibility index (Phi) is 4.59. The van der Waals surface area contributed by atoms with Crippen LogP contribution in [0.5, 0.6) is 0 Å². The van der Waals surface area contributed by atoms with Crippen molar-refractivity contribution in [2.75, 3.05) is 5.32 Å². The smallest absolute Gasteiger partial charge is 0.307 e. The van der Waals surface area contributed by atoms with Crippen molar-refractivity contribution in [3.8, 4) is 5.69 Å². The summed E-state index contributed by atoms with van der Waals surface area (Å²) >= 11 is 0. The van der Waals surface area contributed by atoms with Crippen LogP contribution in [0.3, 0.4) is 0 Å². The molecule has 2 aromatic heterocycles. The van der Waals surface area contributed by atoms with Crippen molar-refractivity contribution in [1.82, 2.24) is 23.9 Å². The quantitative estimate of drug-likeness (QED) is 0.595. The van der Waals surface area contributed by atoms with Gasteiger partial charge in [-0.3, -0.25) is 9.13 Å². The van der Waals surface area contributed by atoms with Crippen molar-refractivity contribution in [3.05, 3.63) is 95.2 Å². The lowest BCUT2D eigenvalue weighted by Gasteiger charge is -2.07. The summed E-state index contributed by atoms with van der Waals surface area (Å²) in [6.07, 6.45) is 4.68. The van der Waals surface area contributed by atoms with Crippen molar-refractivity contribution in [1.29, 1.82) is 0 Å². The van der Waals surface area contributed by atoms with Crippen molar-refractivity contribution in [3.63, 3.8) is 0 Å². The molecule has 0 atom stereocenters. The lowest BCUT2D eigenvalue weighted by atomic mass is 10.2. The normalized spacial score (nSPS) is 10.8. The Bertz CT molecular complexity index is 1160. The molecule has 0 bridgehead atoms. The average Bonchev–Trinajstić information content (AvgIpc) is 3.29. The van der Waals surface area contributed by atoms with E-state index < -0.39 is 0 Å². The number of aryl methyl sites for hydroxylation is 1. The van der Waals surface area contributed by atoms with Crippen LogP contribution < -0.4 is 11.0 Å². The molecule has 8 heteroatoms. The highest BCUT2D eigenvalue weighted by molar-refractivity contribution is 5.91. The van der Waals surface area contributed by atoms with Crippen LogP contribution in [-0.2, 0) is 6.54 Å². The van der Waals surface area contributed by atoms with Crippen LogP contribution in [0.2, 0.25) is 0 Å². The van der Waals surface area contributed by atoms with Crippen molar-refractivity contribution in [2.24, 2.45) is 0 Å². The van der Waals surface area contributed by atoms with Crippen molar-refractivity contribution >= 4 is 11.7 Å². The largest absolute Gasteiger partial charge is 0.350 e. The number of anilines is 1. The van der Waals surface area contributed by atoms with E-state index in [-0.39, 0.29) is 11.7 Å². The third-order valence-electron chi connectivity index (χ3n) is 4.34. The Morgan fingerprint density at radius 3 is 2.50 bits per heavy atom. The number of imidazole rings is 1. The molecule has 0 spiro atoms. The molecule has 2 heterocycles. The third-order valence-corrected chi connectivity index (χ3v) is 4.34. The molecule has 4 aromatic rings. The van der Waals surface area contributed by atoms with Gasteiger partial charge < -0.3 is 5.32 Å². The number of benzene rings is 2. The lowest BCUT2D eigenvalue weighted by molar-refractivity contribution is 0.253. The minimum atomic E-state index is -0.299. The summed E-state index contributed by atoms with van der Waals surface area (Å²) in [5.74, 6) is 0.602. The predicted octanol–water partition coefficient (Wildman–Crippen LogP) is 2.67. The van der Waals surface area contributed by atoms with Crippen molar-refractivity contribution in [2.45, 2.75) is 13.5 Å². The van der Waals surface area contributed by atoms with Gasteiger partial charge in [0.1, 0.15) is 12.2 Å². The SMILES string of the molecule is Cc1nccn1C(=O)Nc1ccc(-n2ncn(Cc3ccccc3)c2=O)cc1. The second-order valence-electron chi connectivity index (χ2n) is 6.26. The molecule has 0 fully saturated rings. The van der Waals surface area contributed by atoms with Crippen LogP contribution in [0, 0.1) is 6.92 Å². The number of rotatable bonds is 4. The van der Waals surface area contributed by atoms with Gasteiger partial charge in [0.05, 0.1) is 12.2 Å². The molecule has 0 radical (unpaired) electrons. The fraction of sp³-hybridized carbons (Fsp3) is 0.100. The average molecular weight is 374 g/mol. The van der Waals surface area contributed by atoms with E-state index in [1.54, 1.807) is 48.1 Å². The van der Waals surface area contributed by atoms with E-state index >= 15 is 0 Å². The van der Waals surface area contributed by atoms with Crippen LogP contribution in [-0.4, -0.2) is 29.9 Å². The van der Waals surface area contributed by atoms with E-state index in [4.69, 9.17) is 0 Å². The van der Waals surface area contributed by atoms with Crippen molar-refractivity contribution < 1.29 is 4.79 Å². The second kappa shape index (κ2) is 7.36. The molecule has 0 saturated carbocycles. The second-order valence-corrected chi connectivity index (χ2v) is 6.26. The molecule has 4 rings (SSSR count). The summed E-state index contributed by atoms with van der Waals surface area (Å²) in [5.41, 5.74) is 2.03. The van der Waals surface area contributed by atoms with E-state index in [1.807, 2.05) is 30.3 Å². The topological polar surface area (TPSA) is 86.7 Å². The predicted molar refractivity (Wildman–Crippen MR) is 105 cm³/mol. The van der Waals surface area contributed by atoms with Gasteiger partial charge in [0, 0.05) is 18.1 Å². The van der Waals surface area contributed by atoms with E-state index in [0.29, 0.717) is 23.7 Å². The summed E-state index contributed by atoms with van der Waals surface area (Å²) in [6, 6.07) is 16.3. The van der Waals surface area contributed by atoms with E-state index in [2.05, 4.69) is 15.4 Å². The Labute approximate surface area is 160 Å². The number of carbonyl (C=O) groups excluding carboxylic acids is 1. The van der Waals surface area contributed by atoms with Crippen LogP contribution in [0.25, 0.3) is 5.69 Å². The summed E-state index contributed by atoms with van der Waals surface area (Å²) in [4.78, 5) is 28.9. The monoisotopic (exact) mass is 374 g/mol. The van der Waals surface area contributed by atoms with Gasteiger partial charge in [-0.2, -0.15) is 9.78 Å². The zero-order chi connectivity index (χ0) is 19.5. The Morgan fingerprint density at radius 2 is 1.82 bits per heavy atom. The molecule has 1 amide bonds. The van der Waals surface area contributed by atoms with Gasteiger partial charge in [-0.25, -0.2) is 14.6 Å². The molecule has 28 heavy (non-hydrogen) atoms. The first kappa shape index (κ1) is 17.5. The maximum Gasteiger partial charge on any atom is 0.350 e. The van der Waals surface area contributed by atoms with Crippen LogP contribution in [0.4, 0.5) is 10.5 Å². The maximum atomic E-state index is 12.6. The molecule has 140 valence electrons. The molecule has 0 aliphatic heterocycles. The minimum absolute atomic E-state index is 0.227. The van der Waals surface area contributed by atoms with E-state index in [0.717, 1.165) is 5.56 Å². The van der Waals surface area contributed by atoms with Gasteiger partial charge in [0.15, 0.2) is 0 Å². The highest BCUT2D eigenvalue weighted by Crippen LogP contribution is 2.12. The van der Waals surface area contributed by atoms with E-state index in [1.165, 1.54) is 15.6 Å². The number of nitrogens with zero attached hydrogens (tertiary/aromatic N) is 5. The van der Waals surface area contributed by atoms with Gasteiger partial charge in [-0.15, -0.1) is 0 Å². The standard InChI is InChI=1S/C20H18N6O2/c1-15-21-11-12-25(15)19(27)23-17-7-9-18(10-8-17)26-20(28)24(14-22-26)13-16-5-3-2-4-6-16/h2-12,14H,13H2,1H3,(H,23,27). The first-order valence-electron chi connectivity index (χ1n) is 8.72. The number of amides is 1. The van der Waals surface area contributed by atoms with Crippen LogP contribution >= 0.6 is 0 Å². The molecule has 2 aromatic carbocycles. The minimum Gasteiger partial charge on any atom is -0.307 e. The Morgan fingerprint density at radius 1 is 1.07 bits per heavy atom. The van der Waals surface area contributed by atoms with Gasteiger partial charge in [0.25, 0.3) is 0 Å². The molecule has 0 aliphatic carbocycles. The van der Waals surface area contributed by atoms with Crippen LogP contribution in [0.1, 0.15) is 11.4 Å². The Hall–Kier alpha value is -3.94.